The number of pyridine rings is 2. The van der Waals surface area contributed by atoms with Crippen LogP contribution in [-0.4, -0.2) is 16.5 Å². The van der Waals surface area contributed by atoms with E-state index in [9.17, 15) is 0 Å². The van der Waals surface area contributed by atoms with Gasteiger partial charge in [0, 0.05) is 29.9 Å². The molecule has 0 aromatic carbocycles. The summed E-state index contributed by atoms with van der Waals surface area (Å²) in [4.78, 5) is 8.51. The Morgan fingerprint density at radius 3 is 3.29 bits per heavy atom. The number of anilines is 1. The first-order chi connectivity index (χ1) is 6.95. The highest BCUT2D eigenvalue weighted by molar-refractivity contribution is 5.94. The van der Waals surface area contributed by atoms with Gasteiger partial charge in [-0.3, -0.25) is 0 Å². The molecule has 0 radical (unpaired) electrons. The third-order valence-corrected chi connectivity index (χ3v) is 2.36. The second-order valence-electron chi connectivity index (χ2n) is 3.25. The number of aromatic nitrogens is 2. The van der Waals surface area contributed by atoms with E-state index in [-0.39, 0.29) is 0 Å². The van der Waals surface area contributed by atoms with Crippen LogP contribution in [0.15, 0.2) is 30.6 Å². The van der Waals surface area contributed by atoms with E-state index in [1.807, 2.05) is 18.3 Å². The lowest BCUT2D eigenvalue weighted by atomic mass is 10.1. The van der Waals surface area contributed by atoms with Crippen LogP contribution in [0.5, 0.6) is 0 Å². The van der Waals surface area contributed by atoms with Crippen molar-refractivity contribution < 1.29 is 0 Å². The first-order valence-electron chi connectivity index (χ1n) is 4.59. The van der Waals surface area contributed by atoms with Crippen molar-refractivity contribution in [3.63, 3.8) is 0 Å². The summed E-state index contributed by atoms with van der Waals surface area (Å²) in [5.41, 5.74) is 3.08. The van der Waals surface area contributed by atoms with Crippen molar-refractivity contribution >= 4 is 22.8 Å². The third kappa shape index (κ3) is 0.988. The first-order valence-corrected chi connectivity index (χ1v) is 4.59. The predicted octanol–water partition coefficient (Wildman–Crippen LogP) is 2.07. The molecule has 3 rings (SSSR count). The largest absolute Gasteiger partial charge is 0.380 e. The molecule has 0 unspecified atom stereocenters. The molecule has 3 heteroatoms. The fourth-order valence-corrected chi connectivity index (χ4v) is 1.72. The molecule has 0 atom stereocenters. The maximum atomic E-state index is 4.29. The van der Waals surface area contributed by atoms with Crippen molar-refractivity contribution in [2.24, 2.45) is 0 Å². The van der Waals surface area contributed by atoms with E-state index in [2.05, 4.69) is 27.4 Å². The summed E-state index contributed by atoms with van der Waals surface area (Å²) in [6.45, 7) is 0.876. The fraction of sp³-hybridized carbons (Fsp3) is 0.0909. The van der Waals surface area contributed by atoms with Crippen molar-refractivity contribution in [3.8, 4) is 0 Å². The maximum Gasteiger partial charge on any atom is 0.161 e. The Bertz CT molecular complexity index is 517. The van der Waals surface area contributed by atoms with Crippen molar-refractivity contribution in [3.05, 3.63) is 36.2 Å². The SMILES string of the molecule is C1=Cc2cnc3ncccc3c2NC1. The van der Waals surface area contributed by atoms with Gasteiger partial charge in [-0.2, -0.15) is 0 Å². The van der Waals surface area contributed by atoms with Gasteiger partial charge in [0.2, 0.25) is 0 Å². The number of hydrogen-bond donors (Lipinski definition) is 1. The molecular weight excluding hydrogens is 174 g/mol. The quantitative estimate of drug-likeness (QED) is 0.679. The lowest BCUT2D eigenvalue weighted by Crippen LogP contribution is -2.05. The van der Waals surface area contributed by atoms with Gasteiger partial charge in [0.1, 0.15) is 0 Å². The van der Waals surface area contributed by atoms with Crippen molar-refractivity contribution in [1.82, 2.24) is 9.97 Å². The molecule has 0 saturated heterocycles. The van der Waals surface area contributed by atoms with Gasteiger partial charge in [-0.1, -0.05) is 12.2 Å². The molecule has 1 aliphatic heterocycles. The van der Waals surface area contributed by atoms with Gasteiger partial charge in [-0.05, 0) is 12.1 Å². The van der Waals surface area contributed by atoms with Crippen LogP contribution >= 0.6 is 0 Å². The molecule has 14 heavy (non-hydrogen) atoms. The summed E-state index contributed by atoms with van der Waals surface area (Å²) in [5, 5.41) is 4.43. The lowest BCUT2D eigenvalue weighted by Gasteiger charge is -2.14. The highest BCUT2D eigenvalue weighted by Gasteiger charge is 2.08. The summed E-state index contributed by atoms with van der Waals surface area (Å²) in [6, 6.07) is 3.98. The Morgan fingerprint density at radius 2 is 2.29 bits per heavy atom. The van der Waals surface area contributed by atoms with E-state index in [0.29, 0.717) is 0 Å². The smallest absolute Gasteiger partial charge is 0.161 e. The summed E-state index contributed by atoms with van der Waals surface area (Å²) < 4.78 is 0. The Balaban J connectivity index is 2.41. The van der Waals surface area contributed by atoms with Crippen LogP contribution in [0.25, 0.3) is 17.1 Å². The van der Waals surface area contributed by atoms with Gasteiger partial charge in [0.05, 0.1) is 5.69 Å². The zero-order chi connectivity index (χ0) is 9.38. The van der Waals surface area contributed by atoms with Crippen LogP contribution in [0.4, 0.5) is 5.69 Å². The average molecular weight is 183 g/mol. The van der Waals surface area contributed by atoms with E-state index in [0.717, 1.165) is 28.8 Å². The fourth-order valence-electron chi connectivity index (χ4n) is 1.72. The number of hydrogen-bond acceptors (Lipinski definition) is 3. The molecule has 0 spiro atoms. The van der Waals surface area contributed by atoms with E-state index < -0.39 is 0 Å². The van der Waals surface area contributed by atoms with Crippen molar-refractivity contribution in [2.45, 2.75) is 0 Å². The molecule has 0 saturated carbocycles. The van der Waals surface area contributed by atoms with E-state index in [1.54, 1.807) is 6.20 Å². The van der Waals surface area contributed by atoms with Crippen LogP contribution in [0.2, 0.25) is 0 Å². The Morgan fingerprint density at radius 1 is 1.29 bits per heavy atom. The van der Waals surface area contributed by atoms with E-state index in [1.165, 1.54) is 0 Å². The third-order valence-electron chi connectivity index (χ3n) is 2.36. The number of rotatable bonds is 0. The van der Waals surface area contributed by atoms with Gasteiger partial charge in [-0.25, -0.2) is 9.97 Å². The minimum atomic E-state index is 0.800. The van der Waals surface area contributed by atoms with Crippen molar-refractivity contribution in [2.75, 3.05) is 11.9 Å². The summed E-state index contributed by atoms with van der Waals surface area (Å²) in [5.74, 6) is 0. The van der Waals surface area contributed by atoms with Gasteiger partial charge in [-0.15, -0.1) is 0 Å². The molecule has 1 N–H and O–H groups in total. The zero-order valence-corrected chi connectivity index (χ0v) is 7.57. The normalized spacial score (nSPS) is 13.7. The van der Waals surface area contributed by atoms with Gasteiger partial charge in [0.25, 0.3) is 0 Å². The summed E-state index contributed by atoms with van der Waals surface area (Å²) in [6.07, 6.45) is 7.80. The Labute approximate surface area is 81.5 Å². The molecular formula is C11H9N3. The lowest BCUT2D eigenvalue weighted by molar-refractivity contribution is 1.25. The molecule has 2 aromatic rings. The maximum absolute atomic E-state index is 4.29. The van der Waals surface area contributed by atoms with Crippen LogP contribution in [0, 0.1) is 0 Å². The molecule has 0 fully saturated rings. The molecule has 68 valence electrons. The summed E-state index contributed by atoms with van der Waals surface area (Å²) in [7, 11) is 0. The number of nitrogens with one attached hydrogen (secondary N) is 1. The number of fused-ring (bicyclic) bond motifs is 3. The second kappa shape index (κ2) is 2.80. The van der Waals surface area contributed by atoms with Crippen molar-refractivity contribution in [1.29, 1.82) is 0 Å². The summed E-state index contributed by atoms with van der Waals surface area (Å²) >= 11 is 0. The average Bonchev–Trinajstić information content (AvgIpc) is 2.29. The highest BCUT2D eigenvalue weighted by Crippen LogP contribution is 2.27. The van der Waals surface area contributed by atoms with Gasteiger partial charge >= 0.3 is 0 Å². The topological polar surface area (TPSA) is 37.8 Å². The first kappa shape index (κ1) is 7.50. The Hall–Kier alpha value is -1.90. The standard InChI is InChI=1S/C11H9N3/c1-3-8-7-14-11-9(4-2-6-13-11)10(8)12-5-1/h1-4,6-7,12H,5H2. The molecule has 2 aromatic heterocycles. The number of nitrogens with zero attached hydrogens (tertiary/aromatic N) is 2. The molecule has 3 nitrogen and oxygen atoms in total. The molecule has 3 heterocycles. The zero-order valence-electron chi connectivity index (χ0n) is 7.57. The molecule has 0 amide bonds. The molecule has 0 bridgehead atoms. The van der Waals surface area contributed by atoms with Crippen LogP contribution in [0.3, 0.4) is 0 Å². The second-order valence-corrected chi connectivity index (χ2v) is 3.25. The van der Waals surface area contributed by atoms with Gasteiger partial charge in [0.15, 0.2) is 5.65 Å². The monoisotopic (exact) mass is 183 g/mol. The minimum absolute atomic E-state index is 0.800. The molecule has 0 aliphatic carbocycles. The van der Waals surface area contributed by atoms with Crippen LogP contribution in [-0.2, 0) is 0 Å². The van der Waals surface area contributed by atoms with E-state index >= 15 is 0 Å². The molecule has 1 aliphatic rings. The van der Waals surface area contributed by atoms with Gasteiger partial charge < -0.3 is 5.32 Å². The van der Waals surface area contributed by atoms with Crippen LogP contribution in [0.1, 0.15) is 5.56 Å². The highest BCUT2D eigenvalue weighted by atomic mass is 14.9. The van der Waals surface area contributed by atoms with Crippen LogP contribution < -0.4 is 5.32 Å². The van der Waals surface area contributed by atoms with E-state index in [4.69, 9.17) is 0 Å². The Kier molecular flexibility index (Phi) is 1.50. The minimum Gasteiger partial charge on any atom is -0.380 e. The predicted molar refractivity (Wildman–Crippen MR) is 57.1 cm³/mol.